The highest BCUT2D eigenvalue weighted by Crippen LogP contribution is 2.22. The summed E-state index contributed by atoms with van der Waals surface area (Å²) in [5.41, 5.74) is 0.236. The van der Waals surface area contributed by atoms with Crippen LogP contribution in [0, 0.1) is 5.82 Å². The molecule has 0 aliphatic carbocycles. The van der Waals surface area contributed by atoms with E-state index in [-0.39, 0.29) is 10.6 Å². The summed E-state index contributed by atoms with van der Waals surface area (Å²) in [6.07, 6.45) is 0. The first kappa shape index (κ1) is 22.6. The number of rotatable bonds is 6. The van der Waals surface area contributed by atoms with Gasteiger partial charge in [0, 0.05) is 11.2 Å². The van der Waals surface area contributed by atoms with Crippen LogP contribution < -0.4 is 20.1 Å². The van der Waals surface area contributed by atoms with Crippen LogP contribution >= 0.6 is 0 Å². The van der Waals surface area contributed by atoms with Crippen LogP contribution in [0.15, 0.2) is 47.4 Å². The minimum atomic E-state index is -3.73. The molecular formula is C20H26FN3O4S. The van der Waals surface area contributed by atoms with Crippen molar-refractivity contribution in [2.24, 2.45) is 0 Å². The molecule has 0 aliphatic rings. The van der Waals surface area contributed by atoms with E-state index in [9.17, 15) is 17.6 Å². The van der Waals surface area contributed by atoms with Gasteiger partial charge in [-0.3, -0.25) is 0 Å². The zero-order valence-corrected chi connectivity index (χ0v) is 17.9. The average molecular weight is 424 g/mol. The molecule has 1 unspecified atom stereocenters. The number of ether oxygens (including phenoxy) is 1. The molecule has 9 heteroatoms. The number of methoxy groups -OCH3 is 1. The molecule has 0 saturated heterocycles. The summed E-state index contributed by atoms with van der Waals surface area (Å²) < 4.78 is 46.2. The Balaban J connectivity index is 2.08. The molecule has 2 aromatic rings. The number of amides is 2. The minimum absolute atomic E-state index is 0.0375. The molecule has 0 bridgehead atoms. The van der Waals surface area contributed by atoms with Crippen LogP contribution in [-0.4, -0.2) is 27.1 Å². The van der Waals surface area contributed by atoms with Gasteiger partial charge in [-0.2, -0.15) is 0 Å². The van der Waals surface area contributed by atoms with Crippen LogP contribution in [-0.2, 0) is 10.0 Å². The van der Waals surface area contributed by atoms with Crippen molar-refractivity contribution in [2.75, 3.05) is 12.4 Å². The molecule has 3 N–H and O–H groups in total. The third-order valence-corrected chi connectivity index (χ3v) is 5.62. The van der Waals surface area contributed by atoms with Crippen LogP contribution in [0.25, 0.3) is 0 Å². The summed E-state index contributed by atoms with van der Waals surface area (Å²) in [5, 5.41) is 5.28. The number of sulfonamides is 1. The van der Waals surface area contributed by atoms with Gasteiger partial charge in [-0.05, 0) is 63.6 Å². The van der Waals surface area contributed by atoms with E-state index < -0.39 is 33.5 Å². The van der Waals surface area contributed by atoms with Crippen molar-refractivity contribution in [3.63, 3.8) is 0 Å². The molecule has 0 aromatic heterocycles. The SMILES string of the molecule is COc1ccc(C(C)NC(=O)Nc2cccc(S(=O)(=O)NC(C)(C)C)c2)cc1F. The topological polar surface area (TPSA) is 96.5 Å². The number of halogens is 1. The van der Waals surface area contributed by atoms with Crippen molar-refractivity contribution in [1.29, 1.82) is 0 Å². The molecule has 2 rings (SSSR count). The van der Waals surface area contributed by atoms with Gasteiger partial charge in [-0.25, -0.2) is 22.3 Å². The summed E-state index contributed by atoms with van der Waals surface area (Å²) in [6.45, 7) is 6.92. The molecule has 0 heterocycles. The van der Waals surface area contributed by atoms with E-state index >= 15 is 0 Å². The fourth-order valence-corrected chi connectivity index (χ4v) is 4.07. The van der Waals surface area contributed by atoms with Crippen LogP contribution in [0.5, 0.6) is 5.75 Å². The van der Waals surface area contributed by atoms with E-state index in [1.54, 1.807) is 39.8 Å². The predicted octanol–water partition coefficient (Wildman–Crippen LogP) is 3.79. The molecular weight excluding hydrogens is 397 g/mol. The van der Waals surface area contributed by atoms with Gasteiger partial charge in [-0.15, -0.1) is 0 Å². The molecule has 29 heavy (non-hydrogen) atoms. The van der Waals surface area contributed by atoms with Gasteiger partial charge in [-0.1, -0.05) is 12.1 Å². The highest BCUT2D eigenvalue weighted by atomic mass is 32.2. The van der Waals surface area contributed by atoms with Gasteiger partial charge in [0.2, 0.25) is 10.0 Å². The van der Waals surface area contributed by atoms with Gasteiger partial charge < -0.3 is 15.4 Å². The molecule has 158 valence electrons. The third-order valence-electron chi connectivity index (χ3n) is 3.87. The van der Waals surface area contributed by atoms with Gasteiger partial charge in [0.25, 0.3) is 0 Å². The van der Waals surface area contributed by atoms with Gasteiger partial charge in [0.05, 0.1) is 18.0 Å². The molecule has 0 saturated carbocycles. The monoisotopic (exact) mass is 423 g/mol. The largest absolute Gasteiger partial charge is 0.494 e. The second kappa shape index (κ2) is 8.79. The van der Waals surface area contributed by atoms with Crippen LogP contribution in [0.4, 0.5) is 14.9 Å². The number of carbonyl (C=O) groups is 1. The molecule has 0 fully saturated rings. The molecule has 2 aromatic carbocycles. The molecule has 0 radical (unpaired) electrons. The maximum atomic E-state index is 13.9. The van der Waals surface area contributed by atoms with Gasteiger partial charge in [0.1, 0.15) is 0 Å². The smallest absolute Gasteiger partial charge is 0.319 e. The Hall–Kier alpha value is -2.65. The highest BCUT2D eigenvalue weighted by molar-refractivity contribution is 7.89. The molecule has 7 nitrogen and oxygen atoms in total. The number of hydrogen-bond donors (Lipinski definition) is 3. The van der Waals surface area contributed by atoms with Gasteiger partial charge >= 0.3 is 6.03 Å². The number of hydrogen-bond acceptors (Lipinski definition) is 4. The van der Waals surface area contributed by atoms with Crippen molar-refractivity contribution in [3.8, 4) is 5.75 Å². The van der Waals surface area contributed by atoms with Crippen molar-refractivity contribution >= 4 is 21.7 Å². The van der Waals surface area contributed by atoms with E-state index in [0.29, 0.717) is 11.3 Å². The van der Waals surface area contributed by atoms with Crippen LogP contribution in [0.1, 0.15) is 39.3 Å². The normalized spacial score (nSPS) is 12.9. The van der Waals surface area contributed by atoms with E-state index in [1.165, 1.54) is 37.4 Å². The maximum Gasteiger partial charge on any atom is 0.319 e. The lowest BCUT2D eigenvalue weighted by Gasteiger charge is -2.20. The van der Waals surface area contributed by atoms with E-state index in [4.69, 9.17) is 4.74 Å². The summed E-state index contributed by atoms with van der Waals surface area (Å²) >= 11 is 0. The van der Waals surface area contributed by atoms with Crippen LogP contribution in [0.3, 0.4) is 0 Å². The molecule has 0 aliphatic heterocycles. The quantitative estimate of drug-likeness (QED) is 0.659. The predicted molar refractivity (Wildman–Crippen MR) is 110 cm³/mol. The Labute approximate surface area is 170 Å². The summed E-state index contributed by atoms with van der Waals surface area (Å²) in [4.78, 5) is 12.3. The molecule has 0 spiro atoms. The van der Waals surface area contributed by atoms with Crippen LogP contribution in [0.2, 0.25) is 0 Å². The van der Waals surface area contributed by atoms with Crippen molar-refractivity contribution in [2.45, 2.75) is 44.2 Å². The zero-order valence-electron chi connectivity index (χ0n) is 17.0. The highest BCUT2D eigenvalue weighted by Gasteiger charge is 2.22. The second-order valence-electron chi connectivity index (χ2n) is 7.60. The Morgan fingerprint density at radius 2 is 1.83 bits per heavy atom. The van der Waals surface area contributed by atoms with E-state index in [2.05, 4.69) is 15.4 Å². The lowest BCUT2D eigenvalue weighted by Crippen LogP contribution is -2.40. The van der Waals surface area contributed by atoms with Crippen molar-refractivity contribution in [3.05, 3.63) is 53.8 Å². The van der Waals surface area contributed by atoms with Crippen molar-refractivity contribution in [1.82, 2.24) is 10.0 Å². The lowest BCUT2D eigenvalue weighted by molar-refractivity contribution is 0.249. The Bertz CT molecular complexity index is 987. The Kier molecular flexibility index (Phi) is 6.86. The first-order valence-corrected chi connectivity index (χ1v) is 10.4. The Morgan fingerprint density at radius 3 is 2.41 bits per heavy atom. The number of nitrogens with one attached hydrogen (secondary N) is 3. The fourth-order valence-electron chi connectivity index (χ4n) is 2.60. The second-order valence-corrected chi connectivity index (χ2v) is 9.28. The summed E-state index contributed by atoms with van der Waals surface area (Å²) in [5.74, 6) is -0.407. The fraction of sp³-hybridized carbons (Fsp3) is 0.350. The number of carbonyl (C=O) groups excluding carboxylic acids is 1. The number of benzene rings is 2. The first-order valence-electron chi connectivity index (χ1n) is 8.96. The minimum Gasteiger partial charge on any atom is -0.494 e. The third kappa shape index (κ3) is 6.43. The first-order chi connectivity index (χ1) is 13.4. The molecule has 2 amide bonds. The molecule has 1 atom stereocenters. The number of anilines is 1. The lowest BCUT2D eigenvalue weighted by atomic mass is 10.1. The van der Waals surface area contributed by atoms with E-state index in [0.717, 1.165) is 0 Å². The van der Waals surface area contributed by atoms with E-state index in [1.807, 2.05) is 0 Å². The maximum absolute atomic E-state index is 13.9. The summed E-state index contributed by atoms with van der Waals surface area (Å²) in [6, 6.07) is 9.32. The Morgan fingerprint density at radius 1 is 1.14 bits per heavy atom. The standard InChI is InChI=1S/C20H26FN3O4S/c1-13(14-9-10-18(28-5)17(21)11-14)22-19(25)23-15-7-6-8-16(12-15)29(26,27)24-20(2,3)4/h6-13,24H,1-5H3,(H2,22,23,25). The van der Waals surface area contributed by atoms with Crippen molar-refractivity contribution < 1.29 is 22.3 Å². The zero-order chi connectivity index (χ0) is 21.8. The number of urea groups is 1. The van der Waals surface area contributed by atoms with Gasteiger partial charge in [0.15, 0.2) is 11.6 Å². The summed E-state index contributed by atoms with van der Waals surface area (Å²) in [7, 11) is -2.36. The average Bonchev–Trinajstić information content (AvgIpc) is 2.59.